The van der Waals surface area contributed by atoms with Gasteiger partial charge in [-0.3, -0.25) is 19.3 Å². The van der Waals surface area contributed by atoms with Gasteiger partial charge in [0.1, 0.15) is 6.17 Å². The number of hydrogen-bond donors (Lipinski definition) is 0. The molecule has 4 heterocycles. The van der Waals surface area contributed by atoms with Crippen molar-refractivity contribution in [2.24, 2.45) is 0 Å². The molecule has 1 fully saturated rings. The maximum absolute atomic E-state index is 15.3. The number of thioether (sulfide) groups is 1. The van der Waals surface area contributed by atoms with E-state index < -0.39 is 48.1 Å². The van der Waals surface area contributed by atoms with Crippen molar-refractivity contribution in [2.75, 3.05) is 25.5 Å². The van der Waals surface area contributed by atoms with Gasteiger partial charge in [-0.25, -0.2) is 18.0 Å². The van der Waals surface area contributed by atoms with Gasteiger partial charge in [0.2, 0.25) is 18.0 Å². The number of rotatable bonds is 4. The lowest BCUT2D eigenvalue weighted by Crippen LogP contribution is -2.64. The number of halogens is 3. The molecule has 0 aliphatic carbocycles. The van der Waals surface area contributed by atoms with E-state index in [9.17, 15) is 23.2 Å². The van der Waals surface area contributed by atoms with Gasteiger partial charge in [-0.05, 0) is 35.3 Å². The van der Waals surface area contributed by atoms with Crippen LogP contribution in [0, 0.1) is 11.6 Å². The largest absolute Gasteiger partial charge is 0.510 e. The maximum Gasteiger partial charge on any atom is 0.510 e. The van der Waals surface area contributed by atoms with Gasteiger partial charge in [0, 0.05) is 41.4 Å². The molecule has 0 unspecified atom stereocenters. The Morgan fingerprint density at radius 3 is 2.71 bits per heavy atom. The highest BCUT2D eigenvalue weighted by Gasteiger charge is 2.46. The van der Waals surface area contributed by atoms with Crippen LogP contribution in [0.15, 0.2) is 70.3 Å². The van der Waals surface area contributed by atoms with E-state index in [0.29, 0.717) is 17.5 Å². The van der Waals surface area contributed by atoms with Gasteiger partial charge in [0.15, 0.2) is 17.3 Å². The second-order valence-corrected chi connectivity index (χ2v) is 10.8. The third-order valence-electron chi connectivity index (χ3n) is 7.61. The topological polar surface area (TPSA) is 90.3 Å². The van der Waals surface area contributed by atoms with E-state index >= 15 is 4.39 Å². The molecule has 0 bridgehead atoms. The van der Waals surface area contributed by atoms with E-state index in [4.69, 9.17) is 9.47 Å². The Labute approximate surface area is 242 Å². The molecule has 2 aromatic carbocycles. The van der Waals surface area contributed by atoms with Crippen molar-refractivity contribution in [3.63, 3.8) is 0 Å². The number of benzene rings is 2. The van der Waals surface area contributed by atoms with Crippen LogP contribution in [0.5, 0.6) is 5.75 Å². The standard InChI is InChI=1S/C29H24F3N3O6S/c1-39-29(38)41-15-40-27-21(36)9-11-34-26(27)28(37)33-10-8-16(13-30)12-23(33)35(34)25-17-6-7-20(31)24(32)19(17)14-42-22-5-3-2-4-18(22)25/h2-7,9,11,13,23,25H,8,10,12,14-15H2,1H3/b16-13+/t23-,25+/m1/s1. The van der Waals surface area contributed by atoms with E-state index in [1.54, 1.807) is 5.01 Å². The van der Waals surface area contributed by atoms with Crippen LogP contribution in [0.3, 0.4) is 0 Å². The molecule has 3 aliphatic rings. The molecule has 0 N–H and O–H groups in total. The number of methoxy groups -OCH3 is 1. The van der Waals surface area contributed by atoms with Gasteiger partial charge in [-0.2, -0.15) is 0 Å². The second-order valence-electron chi connectivity index (χ2n) is 9.80. The fraction of sp³-hybridized carbons (Fsp3) is 0.276. The Bertz CT molecular complexity index is 1680. The Kier molecular flexibility index (Phi) is 7.35. The Morgan fingerprint density at radius 2 is 1.93 bits per heavy atom. The first-order chi connectivity index (χ1) is 20.3. The number of amides is 1. The van der Waals surface area contributed by atoms with Crippen molar-refractivity contribution in [3.8, 4) is 5.75 Å². The van der Waals surface area contributed by atoms with Gasteiger partial charge in [-0.1, -0.05) is 24.3 Å². The number of aromatic nitrogens is 1. The normalized spacial score (nSPS) is 20.2. The zero-order chi connectivity index (χ0) is 29.5. The first kappa shape index (κ1) is 27.8. The first-order valence-corrected chi connectivity index (χ1v) is 14.0. The summed E-state index contributed by atoms with van der Waals surface area (Å²) in [6.07, 6.45) is 0.505. The van der Waals surface area contributed by atoms with E-state index in [1.807, 2.05) is 24.3 Å². The third-order valence-corrected chi connectivity index (χ3v) is 8.72. The summed E-state index contributed by atoms with van der Waals surface area (Å²) in [7, 11) is 1.11. The van der Waals surface area contributed by atoms with Crippen LogP contribution in [0.1, 0.15) is 46.1 Å². The molecule has 1 saturated heterocycles. The molecule has 1 amide bonds. The number of carbonyl (C=O) groups is 2. The summed E-state index contributed by atoms with van der Waals surface area (Å²) < 4.78 is 59.9. The average Bonchev–Trinajstić information content (AvgIpc) is 3.17. The van der Waals surface area contributed by atoms with Gasteiger partial charge >= 0.3 is 6.16 Å². The number of hydrogen-bond acceptors (Lipinski definition) is 8. The number of nitrogens with zero attached hydrogens (tertiary/aromatic N) is 3. The zero-order valence-corrected chi connectivity index (χ0v) is 23.0. The Morgan fingerprint density at radius 1 is 1.12 bits per heavy atom. The van der Waals surface area contributed by atoms with Crippen molar-refractivity contribution >= 4 is 23.8 Å². The predicted octanol–water partition coefficient (Wildman–Crippen LogP) is 5.01. The Hall–Kier alpha value is -4.39. The molecule has 0 saturated carbocycles. The third kappa shape index (κ3) is 4.57. The molecule has 42 heavy (non-hydrogen) atoms. The van der Waals surface area contributed by atoms with Gasteiger partial charge in [-0.15, -0.1) is 11.8 Å². The summed E-state index contributed by atoms with van der Waals surface area (Å²) in [5.41, 5.74) is 1.04. The maximum atomic E-state index is 15.3. The smallest absolute Gasteiger partial charge is 0.451 e. The van der Waals surface area contributed by atoms with Crippen LogP contribution in [-0.2, 0) is 15.2 Å². The average molecular weight is 600 g/mol. The molecule has 3 aliphatic heterocycles. The fourth-order valence-electron chi connectivity index (χ4n) is 5.69. The first-order valence-electron chi connectivity index (χ1n) is 13.0. The molecule has 2 atom stereocenters. The molecule has 6 rings (SSSR count). The van der Waals surface area contributed by atoms with Crippen LogP contribution in [0.25, 0.3) is 0 Å². The van der Waals surface area contributed by atoms with Crippen molar-refractivity contribution in [2.45, 2.75) is 35.7 Å². The van der Waals surface area contributed by atoms with Crippen molar-refractivity contribution in [3.05, 3.63) is 105 Å². The Balaban J connectivity index is 1.60. The monoisotopic (exact) mass is 599 g/mol. The van der Waals surface area contributed by atoms with Crippen LogP contribution in [-0.4, -0.2) is 48.3 Å². The van der Waals surface area contributed by atoms with Crippen molar-refractivity contribution < 1.29 is 37.0 Å². The molecule has 13 heteroatoms. The number of fused-ring (bicyclic) bond motifs is 4. The number of pyridine rings is 1. The van der Waals surface area contributed by atoms with E-state index in [1.165, 1.54) is 39.7 Å². The zero-order valence-electron chi connectivity index (χ0n) is 22.2. The molecule has 0 spiro atoms. The summed E-state index contributed by atoms with van der Waals surface area (Å²) in [4.78, 5) is 40.8. The van der Waals surface area contributed by atoms with Crippen LogP contribution in [0.2, 0.25) is 0 Å². The second kappa shape index (κ2) is 11.1. The molecule has 1 aromatic heterocycles. The van der Waals surface area contributed by atoms with Crippen LogP contribution in [0.4, 0.5) is 18.0 Å². The summed E-state index contributed by atoms with van der Waals surface area (Å²) >= 11 is 1.35. The van der Waals surface area contributed by atoms with E-state index in [-0.39, 0.29) is 42.1 Å². The lowest BCUT2D eigenvalue weighted by molar-refractivity contribution is 0.0128. The van der Waals surface area contributed by atoms with E-state index in [2.05, 4.69) is 4.74 Å². The highest BCUT2D eigenvalue weighted by molar-refractivity contribution is 7.98. The highest BCUT2D eigenvalue weighted by Crippen LogP contribution is 2.46. The van der Waals surface area contributed by atoms with Gasteiger partial charge < -0.3 is 19.1 Å². The highest BCUT2D eigenvalue weighted by atomic mass is 32.2. The molecule has 0 radical (unpaired) electrons. The molecular weight excluding hydrogens is 575 g/mol. The number of ether oxygens (including phenoxy) is 3. The summed E-state index contributed by atoms with van der Waals surface area (Å²) in [6, 6.07) is 10.4. The minimum Gasteiger partial charge on any atom is -0.451 e. The molecular formula is C29H24F3N3O6S. The van der Waals surface area contributed by atoms with Crippen molar-refractivity contribution in [1.82, 2.24) is 9.58 Å². The van der Waals surface area contributed by atoms with E-state index in [0.717, 1.165) is 23.6 Å². The molecule has 218 valence electrons. The van der Waals surface area contributed by atoms with Crippen LogP contribution >= 0.6 is 11.8 Å². The minimum absolute atomic E-state index is 0.125. The number of carbonyl (C=O) groups excluding carboxylic acids is 2. The SMILES string of the molecule is COC(=O)OCOc1c2n(ccc1=O)N([C@@H]1c3ccccc3SCc3c1ccc(F)c3F)[C@@H]1C/C(=C/F)CCN1C2=O. The number of piperidine rings is 1. The summed E-state index contributed by atoms with van der Waals surface area (Å²) in [6.45, 7) is -0.578. The molecule has 3 aromatic rings. The molecule has 9 nitrogen and oxygen atoms in total. The predicted molar refractivity (Wildman–Crippen MR) is 145 cm³/mol. The van der Waals surface area contributed by atoms with Gasteiger partial charge in [0.25, 0.3) is 5.91 Å². The summed E-state index contributed by atoms with van der Waals surface area (Å²) in [5.74, 6) is -2.73. The fourth-order valence-corrected chi connectivity index (χ4v) is 6.81. The lowest BCUT2D eigenvalue weighted by Gasteiger charge is -2.52. The lowest BCUT2D eigenvalue weighted by atomic mass is 9.91. The summed E-state index contributed by atoms with van der Waals surface area (Å²) in [5, 5.41) is 1.77. The van der Waals surface area contributed by atoms with Crippen LogP contribution < -0.4 is 15.2 Å². The van der Waals surface area contributed by atoms with Gasteiger partial charge in [0.05, 0.1) is 19.5 Å². The van der Waals surface area contributed by atoms with Crippen molar-refractivity contribution in [1.29, 1.82) is 0 Å². The quantitative estimate of drug-likeness (QED) is 0.306. The minimum atomic E-state index is -1.05.